The van der Waals surface area contributed by atoms with Gasteiger partial charge in [0.25, 0.3) is 23.6 Å². The largest absolute Gasteiger partial charge is 0.490 e. The van der Waals surface area contributed by atoms with Crippen molar-refractivity contribution in [3.63, 3.8) is 0 Å². The van der Waals surface area contributed by atoms with Crippen LogP contribution in [0.3, 0.4) is 0 Å². The molecule has 3 N–H and O–H groups in total. The number of β-amino-alcohol motifs (C(OH)–C–C–N with tert-alkyl or cyclic N) is 1. The number of fused-ring (bicyclic) bond motifs is 4. The van der Waals surface area contributed by atoms with Gasteiger partial charge in [-0.05, 0) is 178 Å². The van der Waals surface area contributed by atoms with Gasteiger partial charge < -0.3 is 52.1 Å². The number of nitrogens with one attached hydrogen (secondary N) is 2. The number of H-pyrrole nitrogens is 2. The van der Waals surface area contributed by atoms with Crippen LogP contribution in [0.1, 0.15) is 67.5 Å². The van der Waals surface area contributed by atoms with Crippen molar-refractivity contribution in [2.24, 2.45) is 0 Å². The number of aliphatic hydroxyl groups is 1. The Morgan fingerprint density at radius 1 is 0.432 bits per heavy atom. The summed E-state index contributed by atoms with van der Waals surface area (Å²) in [5, 5.41) is 29.1. The zero-order valence-electron chi connectivity index (χ0n) is 61.8. The summed E-state index contributed by atoms with van der Waals surface area (Å²) in [4.78, 5) is 40.2. The van der Waals surface area contributed by atoms with E-state index in [1.165, 1.54) is 48.5 Å². The summed E-state index contributed by atoms with van der Waals surface area (Å²) >= 11 is 3.34. The fourth-order valence-corrected chi connectivity index (χ4v) is 16.0. The van der Waals surface area contributed by atoms with Gasteiger partial charge in [-0.25, -0.2) is 9.97 Å². The molecule has 22 nitrogen and oxygen atoms in total. The van der Waals surface area contributed by atoms with Crippen LogP contribution in [0.5, 0.6) is 23.0 Å². The Balaban J connectivity index is 0.000000113. The number of hydrogen-bond acceptors (Lipinski definition) is 22. The number of nitrogens with zero attached hydrogens (tertiary/aromatic N) is 11. The molecule has 1 aliphatic heterocycles. The topological polar surface area (TPSA) is 273 Å². The van der Waals surface area contributed by atoms with Gasteiger partial charge in [0.05, 0.1) is 88.1 Å². The second-order valence-corrected chi connectivity index (χ2v) is 28.8. The first-order chi connectivity index (χ1) is 54.6. The molecule has 19 rings (SSSR count). The third kappa shape index (κ3) is 15.5. The predicted octanol–water partition coefficient (Wildman–Crippen LogP) is 20.2. The lowest BCUT2D eigenvalue weighted by Gasteiger charge is -2.24. The van der Waals surface area contributed by atoms with Crippen molar-refractivity contribution in [2.75, 3.05) is 39.5 Å². The van der Waals surface area contributed by atoms with Crippen LogP contribution in [0.4, 0.5) is 0 Å². The molecule has 9 heterocycles. The highest BCUT2D eigenvalue weighted by molar-refractivity contribution is 7.16. The summed E-state index contributed by atoms with van der Waals surface area (Å²) in [7, 11) is 0. The molecule has 1 fully saturated rings. The van der Waals surface area contributed by atoms with Gasteiger partial charge in [-0.2, -0.15) is 19.9 Å². The number of aromatic nitrogens is 12. The Morgan fingerprint density at radius 3 is 1.40 bits per heavy atom. The first-order valence-electron chi connectivity index (χ1n) is 36.9. The third-order valence-corrected chi connectivity index (χ3v) is 21.3. The van der Waals surface area contributed by atoms with E-state index in [1.54, 1.807) is 35.3 Å². The van der Waals surface area contributed by atoms with E-state index >= 15 is 0 Å². The fourth-order valence-electron chi connectivity index (χ4n) is 14.1. The van der Waals surface area contributed by atoms with E-state index in [2.05, 4.69) is 159 Å². The first kappa shape index (κ1) is 72.5. The minimum absolute atomic E-state index is 0.210. The molecular formula is C87H77N13O9S2. The van der Waals surface area contributed by atoms with Crippen molar-refractivity contribution in [3.05, 3.63) is 240 Å². The summed E-state index contributed by atoms with van der Waals surface area (Å²) in [6.45, 7) is 15.9. The summed E-state index contributed by atoms with van der Waals surface area (Å²) in [6, 6.07) is 68.9. The molecule has 17 aromatic rings. The smallest absolute Gasteiger partial charge is 0.268 e. The predicted molar refractivity (Wildman–Crippen MR) is 432 cm³/mol. The van der Waals surface area contributed by atoms with Gasteiger partial charge in [0.15, 0.2) is 23.0 Å². The van der Waals surface area contributed by atoms with Crippen molar-refractivity contribution < 1.29 is 42.1 Å². The molecule has 1 aliphatic carbocycles. The molecule has 24 heteroatoms. The second-order valence-electron chi connectivity index (χ2n) is 26.2. The highest BCUT2D eigenvalue weighted by Crippen LogP contribution is 2.44. The molecule has 0 amide bonds. The Kier molecular flexibility index (Phi) is 21.5. The number of thiophene rings is 2. The van der Waals surface area contributed by atoms with E-state index in [-0.39, 0.29) is 6.10 Å². The molecule has 8 aromatic heterocycles. The number of rotatable bonds is 19. The minimum atomic E-state index is -0.210. The SMILES string of the molecule is CCOc1ccc(-c2nc(-c3cccc4[nH]cnc34)no2)cc1OCC.CCOc1ccc(-c2nc(-c3cccc4c3CCC4N3CC[C@@H](O)C3)no2)cc1OCC.Cc1sc(-c2nc(-c3cccc4[nH]cnc34)no2)cc1-c1ccccc1.Cc1sc(-c2nc(-c3cccc4ccccc34)no2)cc1-c1ccccc1. The Bertz CT molecular complexity index is 6030. The monoisotopic (exact) mass is 1510 g/mol. The lowest BCUT2D eigenvalue weighted by Crippen LogP contribution is -2.26. The van der Waals surface area contributed by atoms with Crippen molar-refractivity contribution in [2.45, 2.75) is 73.0 Å². The maximum absolute atomic E-state index is 9.96. The van der Waals surface area contributed by atoms with Gasteiger partial charge in [0.2, 0.25) is 23.3 Å². The quantitative estimate of drug-likeness (QED) is 0.0678. The number of benzene rings is 9. The number of aromatic amines is 2. The zero-order chi connectivity index (χ0) is 75.7. The molecule has 111 heavy (non-hydrogen) atoms. The number of para-hydroxylation sites is 2. The molecule has 0 spiro atoms. The summed E-state index contributed by atoms with van der Waals surface area (Å²) < 4.78 is 44.9. The van der Waals surface area contributed by atoms with E-state index in [1.807, 2.05) is 149 Å². The van der Waals surface area contributed by atoms with E-state index < -0.39 is 0 Å². The van der Waals surface area contributed by atoms with Crippen molar-refractivity contribution >= 4 is 55.5 Å². The highest BCUT2D eigenvalue weighted by Gasteiger charge is 2.34. The molecule has 556 valence electrons. The molecule has 1 unspecified atom stereocenters. The van der Waals surface area contributed by atoms with E-state index in [0.29, 0.717) is 102 Å². The lowest BCUT2D eigenvalue weighted by atomic mass is 10.0. The van der Waals surface area contributed by atoms with Crippen LogP contribution in [-0.4, -0.2) is 116 Å². The van der Waals surface area contributed by atoms with Gasteiger partial charge in [-0.3, -0.25) is 4.90 Å². The Morgan fingerprint density at radius 2 is 0.874 bits per heavy atom. The van der Waals surface area contributed by atoms with Gasteiger partial charge in [0, 0.05) is 51.1 Å². The lowest BCUT2D eigenvalue weighted by molar-refractivity contribution is 0.159. The van der Waals surface area contributed by atoms with Crippen molar-refractivity contribution in [3.8, 4) is 135 Å². The third-order valence-electron chi connectivity index (χ3n) is 19.2. The molecule has 2 aliphatic rings. The van der Waals surface area contributed by atoms with Crippen LogP contribution < -0.4 is 18.9 Å². The van der Waals surface area contributed by atoms with Gasteiger partial charge in [-0.15, -0.1) is 22.7 Å². The zero-order valence-corrected chi connectivity index (χ0v) is 63.4. The second kappa shape index (κ2) is 33.0. The van der Waals surface area contributed by atoms with Crippen LogP contribution in [-0.2, 0) is 6.42 Å². The molecule has 0 saturated carbocycles. The van der Waals surface area contributed by atoms with Crippen LogP contribution in [0.25, 0.3) is 145 Å². The molecule has 0 bridgehead atoms. The van der Waals surface area contributed by atoms with E-state index in [4.69, 9.17) is 42.0 Å². The molecule has 2 atom stereocenters. The number of hydrogen-bond donors (Lipinski definition) is 3. The minimum Gasteiger partial charge on any atom is -0.490 e. The number of ether oxygens (including phenoxy) is 4. The number of likely N-dealkylation sites (tertiary alicyclic amines) is 1. The fraction of sp³-hybridized carbons (Fsp3) is 0.195. The van der Waals surface area contributed by atoms with Crippen LogP contribution in [0.15, 0.2) is 237 Å². The van der Waals surface area contributed by atoms with E-state index in [0.717, 1.165) is 103 Å². The maximum atomic E-state index is 9.96. The van der Waals surface area contributed by atoms with Crippen LogP contribution in [0, 0.1) is 13.8 Å². The summed E-state index contributed by atoms with van der Waals surface area (Å²) in [5.41, 5.74) is 16.2. The normalized spacial score (nSPS) is 13.8. The van der Waals surface area contributed by atoms with Crippen LogP contribution in [0.2, 0.25) is 0 Å². The summed E-state index contributed by atoms with van der Waals surface area (Å²) in [6.07, 6.45) is 5.99. The first-order valence-corrected chi connectivity index (χ1v) is 38.5. The average molecular weight is 1510 g/mol. The highest BCUT2D eigenvalue weighted by atomic mass is 32.1. The van der Waals surface area contributed by atoms with Gasteiger partial charge >= 0.3 is 0 Å². The number of aliphatic hydroxyl groups excluding tert-OH is 1. The number of imidazole rings is 2. The van der Waals surface area contributed by atoms with Crippen molar-refractivity contribution in [1.82, 2.24) is 65.4 Å². The molecule has 0 radical (unpaired) electrons. The average Bonchev–Trinajstić information content (AvgIpc) is 1.63. The number of aryl methyl sites for hydroxylation is 2. The Labute approximate surface area is 646 Å². The van der Waals surface area contributed by atoms with Gasteiger partial charge in [-0.1, -0.05) is 154 Å². The standard InChI is InChI=1S/C25H29N3O4.C23H16N2OS.C20H14N4OS.C19H18N4O3/c1-3-30-22-11-8-16(14-23(22)31-4-2)25-26-24(27-32-25)20-7-5-6-19-18(20)9-10-21(19)28-13-12-17(29)15-28;1-15-20(17-8-3-2-4-9-17)14-21(27-15)23-24-22(25-26-23)19-13-7-11-16-10-5-6-12-18(16)19;1-12-15(13-6-3-2-4-7-13)10-17(26-12)20-23-19(24-25-20)14-8-5-9-16-18(14)22-11-21-16;1-3-24-15-9-8-12(10-16(15)25-4-2)19-22-18(23-26-19)13-6-5-7-14-17(13)21-11-20-14/h5-8,11,14,17,21,29H,3-4,9-10,12-13,15H2,1-2H3;2-14H,1H3;2-11H,1H3,(H,21,22);5-11H,3-4H2,1-2H3,(H,20,21)/t17-,21?;;;/m1.../s1. The molecule has 9 aromatic carbocycles. The Hall–Kier alpha value is -12.7. The molecular weight excluding hydrogens is 1440 g/mol. The van der Waals surface area contributed by atoms with Gasteiger partial charge in [0.1, 0.15) is 0 Å². The van der Waals surface area contributed by atoms with Crippen molar-refractivity contribution in [1.29, 1.82) is 0 Å². The summed E-state index contributed by atoms with van der Waals surface area (Å²) in [5.74, 6) is 6.95. The maximum Gasteiger partial charge on any atom is 0.268 e. The van der Waals surface area contributed by atoms with E-state index in [9.17, 15) is 5.11 Å². The molecule has 1 saturated heterocycles. The van der Waals surface area contributed by atoms with Crippen LogP contribution >= 0.6 is 22.7 Å².